The number of hydrogen-bond acceptors (Lipinski definition) is 3. The minimum Gasteiger partial charge on any atom is -0.388 e. The molecular weight excluding hydrogens is 360 g/mol. The van der Waals surface area contributed by atoms with Gasteiger partial charge in [-0.15, -0.1) is 0 Å². The largest absolute Gasteiger partial charge is 0.388 e. The first-order chi connectivity index (χ1) is 11.9. The fourth-order valence-electron chi connectivity index (χ4n) is 3.12. The minimum atomic E-state index is -1.67. The second-order valence-corrected chi connectivity index (χ2v) is 6.43. The third-order valence-corrected chi connectivity index (χ3v) is 4.74. The fraction of sp³-hybridized carbons (Fsp3) is 0.353. The third-order valence-electron chi connectivity index (χ3n) is 4.49. The number of benzene rings is 1. The molecule has 1 aromatic carbocycles. The molecule has 0 saturated carbocycles. The Hall–Kier alpha value is -1.86. The quantitative estimate of drug-likeness (QED) is 0.645. The van der Waals surface area contributed by atoms with Crippen LogP contribution in [0.2, 0.25) is 5.02 Å². The maximum Gasteiger partial charge on any atom is 0.253 e. The Labute approximate surface area is 146 Å². The molecule has 0 spiro atoms. The molecule has 0 amide bonds. The molecule has 0 bridgehead atoms. The van der Waals surface area contributed by atoms with E-state index in [4.69, 9.17) is 11.6 Å². The van der Waals surface area contributed by atoms with Crippen LogP contribution >= 0.6 is 11.6 Å². The van der Waals surface area contributed by atoms with E-state index in [1.807, 2.05) is 0 Å². The van der Waals surface area contributed by atoms with Crippen LogP contribution in [0.3, 0.4) is 0 Å². The van der Waals surface area contributed by atoms with Crippen LogP contribution in [0.5, 0.6) is 0 Å². The zero-order valence-electron chi connectivity index (χ0n) is 13.0. The van der Waals surface area contributed by atoms with Crippen molar-refractivity contribution in [3.63, 3.8) is 0 Å². The number of aromatic nitrogens is 1. The molecular formula is C17H15ClF4N2O. The van der Waals surface area contributed by atoms with Gasteiger partial charge in [0.2, 0.25) is 11.6 Å². The molecule has 8 heteroatoms. The van der Waals surface area contributed by atoms with Crippen molar-refractivity contribution in [1.82, 2.24) is 4.98 Å². The Morgan fingerprint density at radius 3 is 2.04 bits per heavy atom. The van der Waals surface area contributed by atoms with E-state index in [-0.39, 0.29) is 19.0 Å². The molecule has 2 aromatic rings. The number of piperidine rings is 1. The molecule has 1 saturated heterocycles. The molecule has 1 atom stereocenters. The van der Waals surface area contributed by atoms with Gasteiger partial charge < -0.3 is 10.0 Å². The van der Waals surface area contributed by atoms with Crippen molar-refractivity contribution in [2.24, 2.45) is 5.92 Å². The number of aliphatic hydroxyl groups excluding tert-OH is 1. The van der Waals surface area contributed by atoms with E-state index in [9.17, 15) is 22.7 Å². The van der Waals surface area contributed by atoms with Crippen molar-refractivity contribution in [3.05, 3.63) is 58.4 Å². The highest BCUT2D eigenvalue weighted by Gasteiger charge is 2.31. The number of hydrogen-bond donors (Lipinski definition) is 1. The predicted octanol–water partition coefficient (Wildman–Crippen LogP) is 4.24. The zero-order valence-corrected chi connectivity index (χ0v) is 13.8. The summed E-state index contributed by atoms with van der Waals surface area (Å²) in [5.74, 6) is -6.49. The molecule has 1 unspecified atom stereocenters. The molecule has 0 radical (unpaired) electrons. The summed E-state index contributed by atoms with van der Waals surface area (Å²) in [4.78, 5) is 3.80. The first-order valence-electron chi connectivity index (χ1n) is 7.77. The van der Waals surface area contributed by atoms with E-state index in [0.29, 0.717) is 23.4 Å². The molecule has 25 heavy (non-hydrogen) atoms. The van der Waals surface area contributed by atoms with Gasteiger partial charge in [0.25, 0.3) is 11.9 Å². The predicted molar refractivity (Wildman–Crippen MR) is 85.4 cm³/mol. The molecule has 3 rings (SSSR count). The molecule has 0 aliphatic carbocycles. The zero-order chi connectivity index (χ0) is 18.1. The highest BCUT2D eigenvalue weighted by molar-refractivity contribution is 6.30. The van der Waals surface area contributed by atoms with E-state index >= 15 is 0 Å². The van der Waals surface area contributed by atoms with Crippen LogP contribution in [0.1, 0.15) is 24.5 Å². The second-order valence-electron chi connectivity index (χ2n) is 5.99. The van der Waals surface area contributed by atoms with Gasteiger partial charge in [-0.05, 0) is 36.5 Å². The summed E-state index contributed by atoms with van der Waals surface area (Å²) >= 11 is 5.82. The molecule has 3 nitrogen and oxygen atoms in total. The van der Waals surface area contributed by atoms with Crippen molar-refractivity contribution in [3.8, 4) is 0 Å². The molecule has 1 N–H and O–H groups in total. The van der Waals surface area contributed by atoms with Crippen molar-refractivity contribution in [2.45, 2.75) is 18.9 Å². The smallest absolute Gasteiger partial charge is 0.253 e. The fourth-order valence-corrected chi connectivity index (χ4v) is 3.25. The van der Waals surface area contributed by atoms with E-state index in [0.717, 1.165) is 0 Å². The summed E-state index contributed by atoms with van der Waals surface area (Å²) in [7, 11) is 0. The van der Waals surface area contributed by atoms with Gasteiger partial charge in [0, 0.05) is 18.1 Å². The van der Waals surface area contributed by atoms with Gasteiger partial charge in [0.1, 0.15) is 5.69 Å². The lowest BCUT2D eigenvalue weighted by atomic mass is 9.87. The van der Waals surface area contributed by atoms with Crippen LogP contribution in [0.4, 0.5) is 23.2 Å². The SMILES string of the molecule is OC(c1ccc(Cl)cc1)C1CCN(c2c(F)c(F)nc(F)c2F)CC1. The summed E-state index contributed by atoms with van der Waals surface area (Å²) in [6, 6.07) is 6.77. The lowest BCUT2D eigenvalue weighted by Gasteiger charge is -2.35. The van der Waals surface area contributed by atoms with Gasteiger partial charge in [0.15, 0.2) is 0 Å². The van der Waals surface area contributed by atoms with E-state index in [1.165, 1.54) is 4.90 Å². The molecule has 1 fully saturated rings. The summed E-state index contributed by atoms with van der Waals surface area (Å²) in [6.07, 6.45) is 0.0719. The van der Waals surface area contributed by atoms with Crippen LogP contribution in [-0.2, 0) is 0 Å². The van der Waals surface area contributed by atoms with E-state index in [2.05, 4.69) is 4.98 Å². The van der Waals surface area contributed by atoms with Crippen molar-refractivity contribution in [2.75, 3.05) is 18.0 Å². The number of halogens is 5. The number of nitrogens with zero attached hydrogens (tertiary/aromatic N) is 2. The van der Waals surface area contributed by atoms with Gasteiger partial charge in [0.05, 0.1) is 6.10 Å². The van der Waals surface area contributed by atoms with Crippen molar-refractivity contribution < 1.29 is 22.7 Å². The van der Waals surface area contributed by atoms with Crippen LogP contribution in [0.15, 0.2) is 24.3 Å². The van der Waals surface area contributed by atoms with Gasteiger partial charge in [-0.3, -0.25) is 0 Å². The number of pyridine rings is 1. The summed E-state index contributed by atoms with van der Waals surface area (Å²) in [5.41, 5.74) is -0.0503. The molecule has 2 heterocycles. The number of aliphatic hydroxyl groups is 1. The molecule has 1 aromatic heterocycles. The Kier molecular flexibility index (Phi) is 5.15. The first kappa shape index (κ1) is 17.9. The van der Waals surface area contributed by atoms with Crippen LogP contribution in [-0.4, -0.2) is 23.2 Å². The Morgan fingerprint density at radius 2 is 1.52 bits per heavy atom. The maximum absolute atomic E-state index is 13.8. The second kappa shape index (κ2) is 7.17. The van der Waals surface area contributed by atoms with Gasteiger partial charge in [-0.2, -0.15) is 22.5 Å². The lowest BCUT2D eigenvalue weighted by Crippen LogP contribution is -2.37. The number of anilines is 1. The average molecular weight is 375 g/mol. The first-order valence-corrected chi connectivity index (χ1v) is 8.14. The Balaban J connectivity index is 1.73. The summed E-state index contributed by atoms with van der Waals surface area (Å²) < 4.78 is 54.2. The van der Waals surface area contributed by atoms with Gasteiger partial charge in [-0.1, -0.05) is 23.7 Å². The molecule has 134 valence electrons. The Bertz CT molecular complexity index is 738. The topological polar surface area (TPSA) is 36.4 Å². The van der Waals surface area contributed by atoms with Crippen molar-refractivity contribution in [1.29, 1.82) is 0 Å². The third kappa shape index (κ3) is 3.57. The van der Waals surface area contributed by atoms with Gasteiger partial charge >= 0.3 is 0 Å². The van der Waals surface area contributed by atoms with E-state index in [1.54, 1.807) is 24.3 Å². The molecule has 1 aliphatic rings. The summed E-state index contributed by atoms with van der Waals surface area (Å²) in [5, 5.41) is 11.0. The monoisotopic (exact) mass is 374 g/mol. The van der Waals surface area contributed by atoms with Gasteiger partial charge in [-0.25, -0.2) is 0 Å². The van der Waals surface area contributed by atoms with Crippen LogP contribution in [0.25, 0.3) is 0 Å². The maximum atomic E-state index is 13.8. The van der Waals surface area contributed by atoms with E-state index < -0.39 is 35.3 Å². The Morgan fingerprint density at radius 1 is 1.00 bits per heavy atom. The summed E-state index contributed by atoms with van der Waals surface area (Å²) in [6.45, 7) is 0.318. The van der Waals surface area contributed by atoms with Crippen LogP contribution in [0, 0.1) is 29.4 Å². The highest BCUT2D eigenvalue weighted by Crippen LogP contribution is 2.35. The average Bonchev–Trinajstić information content (AvgIpc) is 2.61. The van der Waals surface area contributed by atoms with Crippen LogP contribution < -0.4 is 4.90 Å². The molecule has 1 aliphatic heterocycles. The normalized spacial score (nSPS) is 17.0. The highest BCUT2D eigenvalue weighted by atomic mass is 35.5. The minimum absolute atomic E-state index is 0.139. The standard InChI is InChI=1S/C17H15ClF4N2O/c18-11-3-1-9(2-4-11)15(25)10-5-7-24(8-6-10)14-12(19)16(21)23-17(22)13(14)20/h1-4,10,15,25H,5-8H2. The number of rotatable bonds is 3. The van der Waals surface area contributed by atoms with Crippen molar-refractivity contribution >= 4 is 17.3 Å². The lowest BCUT2D eigenvalue weighted by molar-refractivity contribution is 0.0927.